The monoisotopic (exact) mass is 196 g/mol. The predicted octanol–water partition coefficient (Wildman–Crippen LogP) is 2.00. The van der Waals surface area contributed by atoms with Gasteiger partial charge in [-0.05, 0) is 33.6 Å². The molecule has 2 aliphatic rings. The number of piperazine rings is 1. The molecule has 0 amide bonds. The average molecular weight is 196 g/mol. The van der Waals surface area contributed by atoms with Crippen LogP contribution in [0.1, 0.15) is 46.5 Å². The Morgan fingerprint density at radius 2 is 1.71 bits per heavy atom. The first-order valence-corrected chi connectivity index (χ1v) is 6.02. The Hall–Kier alpha value is -0.0800. The first-order valence-electron chi connectivity index (χ1n) is 6.02. The lowest BCUT2D eigenvalue weighted by atomic mass is 9.92. The highest BCUT2D eigenvalue weighted by molar-refractivity contribution is 4.97. The zero-order chi connectivity index (χ0) is 10.2. The summed E-state index contributed by atoms with van der Waals surface area (Å²) in [6.45, 7) is 10.7. The van der Waals surface area contributed by atoms with Crippen LogP contribution in [0.3, 0.4) is 0 Å². The van der Waals surface area contributed by atoms with E-state index >= 15 is 0 Å². The van der Waals surface area contributed by atoms with E-state index in [1.165, 1.54) is 38.8 Å². The maximum absolute atomic E-state index is 3.59. The van der Waals surface area contributed by atoms with Crippen LogP contribution in [0.5, 0.6) is 0 Å². The van der Waals surface area contributed by atoms with Crippen LogP contribution in [0.4, 0.5) is 0 Å². The van der Waals surface area contributed by atoms with Gasteiger partial charge in [0, 0.05) is 30.7 Å². The van der Waals surface area contributed by atoms with Crippen LogP contribution in [-0.2, 0) is 0 Å². The Morgan fingerprint density at radius 3 is 2.29 bits per heavy atom. The zero-order valence-corrected chi connectivity index (χ0v) is 9.90. The molecule has 2 fully saturated rings. The first-order chi connectivity index (χ1) is 6.52. The first kappa shape index (κ1) is 10.4. The maximum atomic E-state index is 3.59. The Balaban J connectivity index is 2.03. The Labute approximate surface area is 88.1 Å². The van der Waals surface area contributed by atoms with E-state index in [4.69, 9.17) is 0 Å². The van der Waals surface area contributed by atoms with Crippen LogP contribution in [0.25, 0.3) is 0 Å². The second-order valence-electron chi connectivity index (χ2n) is 5.94. The second-order valence-corrected chi connectivity index (χ2v) is 5.94. The summed E-state index contributed by atoms with van der Waals surface area (Å²) in [4.78, 5) is 2.72. The SMILES string of the molecule is CC1(C)CN(C2(C)CCCC2)CCN1. The summed E-state index contributed by atoms with van der Waals surface area (Å²) in [6, 6.07) is 0. The molecule has 2 heteroatoms. The largest absolute Gasteiger partial charge is 0.309 e. The fourth-order valence-corrected chi connectivity index (χ4v) is 3.06. The lowest BCUT2D eigenvalue weighted by molar-refractivity contribution is 0.0503. The van der Waals surface area contributed by atoms with Crippen LogP contribution in [0, 0.1) is 0 Å². The van der Waals surface area contributed by atoms with Gasteiger partial charge in [-0.1, -0.05) is 12.8 Å². The molecule has 1 N–H and O–H groups in total. The molecule has 2 rings (SSSR count). The smallest absolute Gasteiger partial charge is 0.0252 e. The average Bonchev–Trinajstić information content (AvgIpc) is 2.52. The third-order valence-corrected chi connectivity index (χ3v) is 4.02. The molecule has 0 unspecified atom stereocenters. The molecule has 1 heterocycles. The van der Waals surface area contributed by atoms with Crippen molar-refractivity contribution in [2.45, 2.75) is 57.5 Å². The van der Waals surface area contributed by atoms with E-state index in [-0.39, 0.29) is 0 Å². The summed E-state index contributed by atoms with van der Waals surface area (Å²) in [5.74, 6) is 0. The van der Waals surface area contributed by atoms with Gasteiger partial charge in [-0.25, -0.2) is 0 Å². The van der Waals surface area contributed by atoms with Crippen molar-refractivity contribution in [1.82, 2.24) is 10.2 Å². The molecule has 14 heavy (non-hydrogen) atoms. The van der Waals surface area contributed by atoms with Crippen molar-refractivity contribution >= 4 is 0 Å². The van der Waals surface area contributed by atoms with E-state index in [1.807, 2.05) is 0 Å². The second kappa shape index (κ2) is 3.49. The molecular formula is C12H24N2. The van der Waals surface area contributed by atoms with Crippen molar-refractivity contribution in [3.8, 4) is 0 Å². The molecule has 1 aliphatic heterocycles. The van der Waals surface area contributed by atoms with Gasteiger partial charge >= 0.3 is 0 Å². The van der Waals surface area contributed by atoms with Crippen LogP contribution in [0.15, 0.2) is 0 Å². The summed E-state index contributed by atoms with van der Waals surface area (Å²) in [5.41, 5.74) is 0.823. The highest BCUT2D eigenvalue weighted by Crippen LogP contribution is 2.36. The molecule has 82 valence electrons. The minimum Gasteiger partial charge on any atom is -0.309 e. The number of hydrogen-bond donors (Lipinski definition) is 1. The van der Waals surface area contributed by atoms with Gasteiger partial charge in [0.05, 0.1) is 0 Å². The molecule has 2 nitrogen and oxygen atoms in total. The molecule has 0 aromatic carbocycles. The third-order valence-electron chi connectivity index (χ3n) is 4.02. The van der Waals surface area contributed by atoms with Gasteiger partial charge < -0.3 is 5.32 Å². The molecule has 0 bridgehead atoms. The van der Waals surface area contributed by atoms with E-state index < -0.39 is 0 Å². The van der Waals surface area contributed by atoms with E-state index in [9.17, 15) is 0 Å². The van der Waals surface area contributed by atoms with Crippen LogP contribution in [0.2, 0.25) is 0 Å². The summed E-state index contributed by atoms with van der Waals surface area (Å²) in [5, 5.41) is 3.59. The summed E-state index contributed by atoms with van der Waals surface area (Å²) >= 11 is 0. The molecule has 0 radical (unpaired) electrons. The van der Waals surface area contributed by atoms with Crippen LogP contribution in [-0.4, -0.2) is 35.6 Å². The molecule has 0 aromatic heterocycles. The fourth-order valence-electron chi connectivity index (χ4n) is 3.06. The Bertz CT molecular complexity index is 204. The Kier molecular flexibility index (Phi) is 2.61. The topological polar surface area (TPSA) is 15.3 Å². The highest BCUT2D eigenvalue weighted by Gasteiger charge is 2.39. The van der Waals surface area contributed by atoms with Crippen molar-refractivity contribution < 1.29 is 0 Å². The summed E-state index contributed by atoms with van der Waals surface area (Å²) in [7, 11) is 0. The number of rotatable bonds is 1. The summed E-state index contributed by atoms with van der Waals surface area (Å²) < 4.78 is 0. The Morgan fingerprint density at radius 1 is 1.07 bits per heavy atom. The fraction of sp³-hybridized carbons (Fsp3) is 1.00. The third kappa shape index (κ3) is 1.96. The van der Waals surface area contributed by atoms with Crippen molar-refractivity contribution in [2.75, 3.05) is 19.6 Å². The van der Waals surface area contributed by atoms with Gasteiger partial charge in [-0.3, -0.25) is 4.90 Å². The normalized spacial score (nSPS) is 31.9. The van der Waals surface area contributed by atoms with E-state index in [1.54, 1.807) is 0 Å². The summed E-state index contributed by atoms with van der Waals surface area (Å²) in [6.07, 6.45) is 5.67. The molecule has 0 aromatic rings. The van der Waals surface area contributed by atoms with Crippen molar-refractivity contribution in [3.63, 3.8) is 0 Å². The molecule has 0 spiro atoms. The number of hydrogen-bond acceptors (Lipinski definition) is 2. The lowest BCUT2D eigenvalue weighted by Crippen LogP contribution is -2.62. The minimum atomic E-state index is 0.309. The standard InChI is InChI=1S/C12H24N2/c1-11(2)10-14(9-8-13-11)12(3)6-4-5-7-12/h13H,4-10H2,1-3H3. The molecule has 0 atom stereocenters. The molecule has 1 aliphatic carbocycles. The highest BCUT2D eigenvalue weighted by atomic mass is 15.3. The zero-order valence-electron chi connectivity index (χ0n) is 9.90. The molecular weight excluding hydrogens is 172 g/mol. The van der Waals surface area contributed by atoms with Gasteiger partial charge in [0.1, 0.15) is 0 Å². The number of nitrogens with one attached hydrogen (secondary N) is 1. The van der Waals surface area contributed by atoms with Crippen LogP contribution < -0.4 is 5.32 Å². The molecule has 1 saturated heterocycles. The van der Waals surface area contributed by atoms with Gasteiger partial charge in [-0.15, -0.1) is 0 Å². The van der Waals surface area contributed by atoms with Crippen molar-refractivity contribution in [3.05, 3.63) is 0 Å². The quantitative estimate of drug-likeness (QED) is 0.690. The number of nitrogens with zero attached hydrogens (tertiary/aromatic N) is 1. The van der Waals surface area contributed by atoms with E-state index in [0.29, 0.717) is 11.1 Å². The van der Waals surface area contributed by atoms with Gasteiger partial charge in [-0.2, -0.15) is 0 Å². The van der Waals surface area contributed by atoms with Gasteiger partial charge in [0.2, 0.25) is 0 Å². The van der Waals surface area contributed by atoms with Crippen molar-refractivity contribution in [2.24, 2.45) is 0 Å². The maximum Gasteiger partial charge on any atom is 0.0252 e. The van der Waals surface area contributed by atoms with E-state index in [0.717, 1.165) is 6.54 Å². The van der Waals surface area contributed by atoms with E-state index in [2.05, 4.69) is 31.0 Å². The van der Waals surface area contributed by atoms with Crippen molar-refractivity contribution in [1.29, 1.82) is 0 Å². The van der Waals surface area contributed by atoms with Gasteiger partial charge in [0.15, 0.2) is 0 Å². The van der Waals surface area contributed by atoms with Gasteiger partial charge in [0.25, 0.3) is 0 Å². The van der Waals surface area contributed by atoms with Crippen LogP contribution >= 0.6 is 0 Å². The molecule has 1 saturated carbocycles. The lowest BCUT2D eigenvalue weighted by Gasteiger charge is -2.47. The minimum absolute atomic E-state index is 0.309. The predicted molar refractivity (Wildman–Crippen MR) is 60.5 cm³/mol.